The zero-order valence-electron chi connectivity index (χ0n) is 13.5. The van der Waals surface area contributed by atoms with Crippen LogP contribution in [0.1, 0.15) is 0 Å². The van der Waals surface area contributed by atoms with E-state index in [1.165, 1.54) is 11.3 Å². The van der Waals surface area contributed by atoms with Gasteiger partial charge in [-0.2, -0.15) is 0 Å². The van der Waals surface area contributed by atoms with E-state index in [-0.39, 0.29) is 30.4 Å². The van der Waals surface area contributed by atoms with Crippen LogP contribution in [0.3, 0.4) is 0 Å². The van der Waals surface area contributed by atoms with Crippen LogP contribution in [0, 0.1) is 0 Å². The van der Waals surface area contributed by atoms with Crippen LogP contribution in [0.4, 0.5) is 0 Å². The highest BCUT2D eigenvalue weighted by Crippen LogP contribution is 2.23. The van der Waals surface area contributed by atoms with Gasteiger partial charge in [-0.25, -0.2) is 9.97 Å². The summed E-state index contributed by atoms with van der Waals surface area (Å²) in [4.78, 5) is 26.0. The fourth-order valence-corrected chi connectivity index (χ4v) is 3.23. The van der Waals surface area contributed by atoms with Gasteiger partial charge in [-0.15, -0.1) is 36.2 Å². The van der Waals surface area contributed by atoms with Crippen LogP contribution in [0.25, 0.3) is 27.3 Å². The van der Waals surface area contributed by atoms with Crippen molar-refractivity contribution >= 4 is 46.4 Å². The highest BCUT2D eigenvalue weighted by Gasteiger charge is 2.15. The number of aromatic nitrogens is 4. The van der Waals surface area contributed by atoms with Gasteiger partial charge in [0.1, 0.15) is 10.5 Å². The summed E-state index contributed by atoms with van der Waals surface area (Å²) >= 11 is 1.38. The Morgan fingerprint density at radius 3 is 2.62 bits per heavy atom. The third kappa shape index (κ3) is 3.41. The molecule has 0 saturated carbocycles. The first-order valence-electron chi connectivity index (χ1n) is 7.19. The lowest BCUT2D eigenvalue weighted by molar-refractivity contribution is 0.398. The molecule has 0 saturated heterocycles. The number of ether oxygens (including phenoxy) is 1. The van der Waals surface area contributed by atoms with Crippen molar-refractivity contribution < 1.29 is 4.74 Å². The second-order valence-corrected chi connectivity index (χ2v) is 5.93. The number of hydrogen-bond donors (Lipinski definition) is 0. The summed E-state index contributed by atoms with van der Waals surface area (Å²) in [6.45, 7) is 0. The minimum Gasteiger partial charge on any atom is -0.481 e. The van der Waals surface area contributed by atoms with E-state index in [4.69, 9.17) is 4.74 Å². The van der Waals surface area contributed by atoms with Crippen LogP contribution in [-0.4, -0.2) is 26.6 Å². The lowest BCUT2D eigenvalue weighted by Crippen LogP contribution is -2.21. The molecule has 4 aromatic rings. The first-order valence-corrected chi connectivity index (χ1v) is 8.07. The van der Waals surface area contributed by atoms with Gasteiger partial charge in [0.2, 0.25) is 5.88 Å². The van der Waals surface area contributed by atoms with Gasteiger partial charge >= 0.3 is 0 Å². The van der Waals surface area contributed by atoms with Gasteiger partial charge in [0, 0.05) is 24.0 Å². The number of thiophene rings is 1. The van der Waals surface area contributed by atoms with E-state index in [2.05, 4.69) is 15.0 Å². The molecule has 6 nitrogen and oxygen atoms in total. The molecule has 0 bridgehead atoms. The van der Waals surface area contributed by atoms with Crippen molar-refractivity contribution in [3.63, 3.8) is 0 Å². The topological polar surface area (TPSA) is 69.9 Å². The third-order valence-electron chi connectivity index (χ3n) is 3.59. The second-order valence-electron chi connectivity index (χ2n) is 5.01. The molecule has 0 spiro atoms. The SMILES string of the molecule is COc1ccc(-n2c(-c3cccnc3)nc3ccsc3c2=O)cn1.Cl.Cl. The highest BCUT2D eigenvalue weighted by atomic mass is 35.5. The van der Waals surface area contributed by atoms with E-state index in [9.17, 15) is 4.79 Å². The van der Waals surface area contributed by atoms with Gasteiger partial charge in [-0.3, -0.25) is 14.3 Å². The maximum atomic E-state index is 13.0. The quantitative estimate of drug-likeness (QED) is 0.516. The van der Waals surface area contributed by atoms with E-state index in [0.29, 0.717) is 27.6 Å². The Bertz CT molecular complexity index is 1070. The smallest absolute Gasteiger partial charge is 0.276 e. The Morgan fingerprint density at radius 2 is 1.96 bits per heavy atom. The molecule has 0 aliphatic rings. The number of methoxy groups -OCH3 is 1. The number of nitrogens with zero attached hydrogens (tertiary/aromatic N) is 4. The third-order valence-corrected chi connectivity index (χ3v) is 4.48. The molecule has 9 heteroatoms. The van der Waals surface area contributed by atoms with Crippen molar-refractivity contribution in [3.05, 3.63) is 64.7 Å². The molecule has 4 rings (SSSR count). The monoisotopic (exact) mass is 408 g/mol. The fourth-order valence-electron chi connectivity index (χ4n) is 2.47. The molecule has 134 valence electrons. The minimum atomic E-state index is -0.124. The summed E-state index contributed by atoms with van der Waals surface area (Å²) < 4.78 is 7.25. The van der Waals surface area contributed by atoms with Crippen LogP contribution >= 0.6 is 36.2 Å². The van der Waals surface area contributed by atoms with Gasteiger partial charge in [-0.05, 0) is 29.6 Å². The second kappa shape index (κ2) is 8.27. The standard InChI is InChI=1S/C17H12N4O2S.2ClH/c1-23-14-5-4-12(10-19-14)21-16(11-3-2-7-18-9-11)20-13-6-8-24-15(13)17(21)22;;/h2-10H,1H3;2*1H. The van der Waals surface area contributed by atoms with Crippen LogP contribution < -0.4 is 10.3 Å². The van der Waals surface area contributed by atoms with Crippen molar-refractivity contribution in [3.8, 4) is 23.0 Å². The predicted molar refractivity (Wildman–Crippen MR) is 107 cm³/mol. The zero-order valence-corrected chi connectivity index (χ0v) is 16.0. The Hall–Kier alpha value is -2.48. The average Bonchev–Trinajstić information content (AvgIpc) is 3.11. The molecular formula is C17H14Cl2N4O2S. The van der Waals surface area contributed by atoms with E-state index >= 15 is 0 Å². The highest BCUT2D eigenvalue weighted by molar-refractivity contribution is 7.17. The molecule has 0 amide bonds. The molecule has 0 atom stereocenters. The first kappa shape index (κ1) is 19.8. The summed E-state index contributed by atoms with van der Waals surface area (Å²) in [5.41, 5.74) is 1.95. The summed E-state index contributed by atoms with van der Waals surface area (Å²) in [7, 11) is 1.55. The number of pyridine rings is 2. The van der Waals surface area contributed by atoms with Crippen LogP contribution in [0.5, 0.6) is 5.88 Å². The largest absolute Gasteiger partial charge is 0.481 e. The van der Waals surface area contributed by atoms with E-state index < -0.39 is 0 Å². The number of halogens is 2. The van der Waals surface area contributed by atoms with Crippen molar-refractivity contribution in [2.75, 3.05) is 7.11 Å². The Kier molecular flexibility index (Phi) is 6.31. The lowest BCUT2D eigenvalue weighted by atomic mass is 10.2. The molecule has 4 heterocycles. The van der Waals surface area contributed by atoms with Crippen LogP contribution in [0.2, 0.25) is 0 Å². The first-order chi connectivity index (χ1) is 11.8. The zero-order chi connectivity index (χ0) is 16.5. The number of rotatable bonds is 3. The molecular weight excluding hydrogens is 395 g/mol. The summed E-state index contributed by atoms with van der Waals surface area (Å²) in [6.07, 6.45) is 4.97. The summed E-state index contributed by atoms with van der Waals surface area (Å²) in [6, 6.07) is 9.04. The molecule has 0 N–H and O–H groups in total. The van der Waals surface area contributed by atoms with Gasteiger partial charge in [0.15, 0.2) is 0 Å². The molecule has 0 fully saturated rings. The number of fused-ring (bicyclic) bond motifs is 1. The van der Waals surface area contributed by atoms with E-state index in [1.54, 1.807) is 42.4 Å². The minimum absolute atomic E-state index is 0. The summed E-state index contributed by atoms with van der Waals surface area (Å²) in [5, 5.41) is 1.86. The van der Waals surface area contributed by atoms with Crippen molar-refractivity contribution in [1.82, 2.24) is 19.5 Å². The maximum absolute atomic E-state index is 13.0. The maximum Gasteiger partial charge on any atom is 0.276 e. The molecule has 0 aliphatic carbocycles. The van der Waals surface area contributed by atoms with Crippen molar-refractivity contribution in [2.45, 2.75) is 0 Å². The molecule has 0 radical (unpaired) electrons. The summed E-state index contributed by atoms with van der Waals surface area (Å²) in [5.74, 6) is 1.02. The average molecular weight is 409 g/mol. The Morgan fingerprint density at radius 1 is 1.12 bits per heavy atom. The van der Waals surface area contributed by atoms with Gasteiger partial charge in [0.05, 0.1) is 24.5 Å². The molecule has 4 aromatic heterocycles. The van der Waals surface area contributed by atoms with Crippen molar-refractivity contribution in [1.29, 1.82) is 0 Å². The molecule has 26 heavy (non-hydrogen) atoms. The Labute approximate surface area is 165 Å². The fraction of sp³-hybridized carbons (Fsp3) is 0.0588. The molecule has 0 aromatic carbocycles. The van der Waals surface area contributed by atoms with Gasteiger partial charge < -0.3 is 4.74 Å². The Balaban J connectivity index is 0.00000121. The normalized spacial score (nSPS) is 10.0. The van der Waals surface area contributed by atoms with Gasteiger partial charge in [-0.1, -0.05) is 0 Å². The molecule has 0 aliphatic heterocycles. The molecule has 0 unspecified atom stereocenters. The number of hydrogen-bond acceptors (Lipinski definition) is 6. The van der Waals surface area contributed by atoms with E-state index in [1.807, 2.05) is 23.6 Å². The van der Waals surface area contributed by atoms with Crippen LogP contribution in [-0.2, 0) is 0 Å². The predicted octanol–water partition coefficient (Wildman–Crippen LogP) is 3.76. The lowest BCUT2D eigenvalue weighted by Gasteiger charge is -2.12. The van der Waals surface area contributed by atoms with Gasteiger partial charge in [0.25, 0.3) is 5.56 Å². The van der Waals surface area contributed by atoms with Crippen LogP contribution in [0.15, 0.2) is 59.1 Å². The van der Waals surface area contributed by atoms with E-state index in [0.717, 1.165) is 5.56 Å². The van der Waals surface area contributed by atoms with Crippen molar-refractivity contribution in [2.24, 2.45) is 0 Å².